The van der Waals surface area contributed by atoms with Crippen LogP contribution < -0.4 is 5.32 Å². The van der Waals surface area contributed by atoms with E-state index in [9.17, 15) is 4.79 Å². The zero-order chi connectivity index (χ0) is 14.7. The van der Waals surface area contributed by atoms with E-state index in [-0.39, 0.29) is 11.9 Å². The number of benzene rings is 1. The van der Waals surface area contributed by atoms with Crippen molar-refractivity contribution in [1.82, 2.24) is 9.88 Å². The standard InChI is InChI=1S/C15H16Br2N2O/c1-3-19-9-13(17)8-14(19)15(20)18-10(2)11-5-4-6-12(16)7-11/h4-10H,3H2,1-2H3,(H,18,20). The molecule has 106 valence electrons. The molecule has 0 spiro atoms. The van der Waals surface area contributed by atoms with Crippen molar-refractivity contribution in [3.05, 3.63) is 56.7 Å². The van der Waals surface area contributed by atoms with Crippen molar-refractivity contribution < 1.29 is 4.79 Å². The summed E-state index contributed by atoms with van der Waals surface area (Å²) in [6.45, 7) is 4.76. The van der Waals surface area contributed by atoms with Crippen LogP contribution in [0.4, 0.5) is 0 Å². The van der Waals surface area contributed by atoms with Crippen LogP contribution in [0.3, 0.4) is 0 Å². The van der Waals surface area contributed by atoms with E-state index >= 15 is 0 Å². The van der Waals surface area contributed by atoms with Crippen LogP contribution in [-0.2, 0) is 6.54 Å². The van der Waals surface area contributed by atoms with E-state index in [0.717, 1.165) is 21.1 Å². The molecule has 2 aromatic rings. The van der Waals surface area contributed by atoms with Crippen LogP contribution in [0.1, 0.15) is 35.9 Å². The van der Waals surface area contributed by atoms with Gasteiger partial charge in [0.25, 0.3) is 5.91 Å². The van der Waals surface area contributed by atoms with E-state index in [1.165, 1.54) is 0 Å². The average Bonchev–Trinajstić information content (AvgIpc) is 2.80. The molecule has 1 heterocycles. The smallest absolute Gasteiger partial charge is 0.268 e. The first kappa shape index (κ1) is 15.3. The third-order valence-electron chi connectivity index (χ3n) is 3.13. The van der Waals surface area contributed by atoms with E-state index in [0.29, 0.717) is 5.69 Å². The number of hydrogen-bond donors (Lipinski definition) is 1. The number of carbonyl (C=O) groups is 1. The Balaban J connectivity index is 2.15. The Bertz CT molecular complexity index is 622. The number of aromatic nitrogens is 1. The van der Waals surface area contributed by atoms with Crippen molar-refractivity contribution in [2.75, 3.05) is 0 Å². The van der Waals surface area contributed by atoms with Crippen LogP contribution in [-0.4, -0.2) is 10.5 Å². The van der Waals surface area contributed by atoms with Gasteiger partial charge in [-0.3, -0.25) is 4.79 Å². The van der Waals surface area contributed by atoms with E-state index < -0.39 is 0 Å². The molecule has 0 saturated carbocycles. The zero-order valence-electron chi connectivity index (χ0n) is 11.4. The minimum atomic E-state index is -0.0648. The maximum absolute atomic E-state index is 12.3. The summed E-state index contributed by atoms with van der Waals surface area (Å²) in [5, 5.41) is 3.03. The molecule has 0 saturated heterocycles. The van der Waals surface area contributed by atoms with Gasteiger partial charge in [-0.25, -0.2) is 0 Å². The molecule has 20 heavy (non-hydrogen) atoms. The fourth-order valence-electron chi connectivity index (χ4n) is 2.06. The summed E-state index contributed by atoms with van der Waals surface area (Å²) < 4.78 is 3.85. The van der Waals surface area contributed by atoms with Crippen molar-refractivity contribution in [2.24, 2.45) is 0 Å². The first-order valence-corrected chi connectivity index (χ1v) is 8.02. The summed E-state index contributed by atoms with van der Waals surface area (Å²) in [5.74, 6) is -0.0648. The molecule has 1 atom stereocenters. The molecule has 0 aliphatic heterocycles. The van der Waals surface area contributed by atoms with Crippen LogP contribution in [0.2, 0.25) is 0 Å². The molecule has 0 aliphatic rings. The van der Waals surface area contributed by atoms with Crippen LogP contribution >= 0.6 is 31.9 Å². The molecule has 1 unspecified atom stereocenters. The fourth-order valence-corrected chi connectivity index (χ4v) is 2.94. The van der Waals surface area contributed by atoms with E-state index in [4.69, 9.17) is 0 Å². The Morgan fingerprint density at radius 2 is 2.05 bits per heavy atom. The summed E-state index contributed by atoms with van der Waals surface area (Å²) in [5.41, 5.74) is 1.74. The first-order chi connectivity index (χ1) is 9.51. The number of nitrogens with zero attached hydrogens (tertiary/aromatic N) is 1. The lowest BCUT2D eigenvalue weighted by Gasteiger charge is -2.15. The monoisotopic (exact) mass is 398 g/mol. The van der Waals surface area contributed by atoms with E-state index in [2.05, 4.69) is 37.2 Å². The number of nitrogens with one attached hydrogen (secondary N) is 1. The van der Waals surface area contributed by atoms with Crippen molar-refractivity contribution in [1.29, 1.82) is 0 Å². The highest BCUT2D eigenvalue weighted by Gasteiger charge is 2.15. The molecule has 5 heteroatoms. The Morgan fingerprint density at radius 1 is 1.30 bits per heavy atom. The molecule has 0 radical (unpaired) electrons. The lowest BCUT2D eigenvalue weighted by Crippen LogP contribution is -2.28. The molecule has 3 nitrogen and oxygen atoms in total. The van der Waals surface area contributed by atoms with Gasteiger partial charge in [-0.2, -0.15) is 0 Å². The molecule has 1 amide bonds. The van der Waals surface area contributed by atoms with Crippen molar-refractivity contribution in [3.63, 3.8) is 0 Å². The Hall–Kier alpha value is -1.07. The second-order valence-corrected chi connectivity index (χ2v) is 6.41. The van der Waals surface area contributed by atoms with Gasteiger partial charge >= 0.3 is 0 Å². The SMILES string of the molecule is CCn1cc(Br)cc1C(=O)NC(C)c1cccc(Br)c1. The van der Waals surface area contributed by atoms with Crippen molar-refractivity contribution >= 4 is 37.8 Å². The van der Waals surface area contributed by atoms with Gasteiger partial charge in [-0.1, -0.05) is 28.1 Å². The predicted octanol–water partition coefficient (Wildman–Crippen LogP) is 4.52. The van der Waals surface area contributed by atoms with Crippen LogP contribution in [0.25, 0.3) is 0 Å². The molecular formula is C15H16Br2N2O. The highest BCUT2D eigenvalue weighted by molar-refractivity contribution is 9.10. The second-order valence-electron chi connectivity index (χ2n) is 4.58. The maximum Gasteiger partial charge on any atom is 0.268 e. The summed E-state index contributed by atoms with van der Waals surface area (Å²) >= 11 is 6.85. The van der Waals surface area contributed by atoms with E-state index in [1.54, 1.807) is 0 Å². The molecule has 1 aromatic heterocycles. The maximum atomic E-state index is 12.3. The average molecular weight is 400 g/mol. The number of amides is 1. The normalized spacial score (nSPS) is 12.2. The van der Waals surface area contributed by atoms with Crippen LogP contribution in [0.15, 0.2) is 45.5 Å². The third kappa shape index (κ3) is 3.52. The highest BCUT2D eigenvalue weighted by atomic mass is 79.9. The van der Waals surface area contributed by atoms with Gasteiger partial charge in [-0.15, -0.1) is 0 Å². The number of halogens is 2. The van der Waals surface area contributed by atoms with Gasteiger partial charge in [0, 0.05) is 21.7 Å². The quantitative estimate of drug-likeness (QED) is 0.805. The predicted molar refractivity (Wildman–Crippen MR) is 87.8 cm³/mol. The minimum absolute atomic E-state index is 0.0426. The highest BCUT2D eigenvalue weighted by Crippen LogP contribution is 2.19. The minimum Gasteiger partial charge on any atom is -0.344 e. The van der Waals surface area contributed by atoms with Gasteiger partial charge < -0.3 is 9.88 Å². The van der Waals surface area contributed by atoms with Gasteiger partial charge in [0.15, 0.2) is 0 Å². The summed E-state index contributed by atoms with van der Waals surface area (Å²) in [7, 11) is 0. The van der Waals surface area contributed by atoms with Crippen molar-refractivity contribution in [3.8, 4) is 0 Å². The summed E-state index contributed by atoms with van der Waals surface area (Å²) in [4.78, 5) is 12.3. The third-order valence-corrected chi connectivity index (χ3v) is 4.06. The molecule has 1 N–H and O–H groups in total. The zero-order valence-corrected chi connectivity index (χ0v) is 14.5. The summed E-state index contributed by atoms with van der Waals surface area (Å²) in [6, 6.07) is 9.75. The van der Waals surface area contributed by atoms with Crippen LogP contribution in [0, 0.1) is 0 Å². The fraction of sp³-hybridized carbons (Fsp3) is 0.267. The number of hydrogen-bond acceptors (Lipinski definition) is 1. The molecule has 0 fully saturated rings. The largest absolute Gasteiger partial charge is 0.344 e. The number of carbonyl (C=O) groups excluding carboxylic acids is 1. The molecular weight excluding hydrogens is 384 g/mol. The number of rotatable bonds is 4. The molecule has 1 aromatic carbocycles. The van der Waals surface area contributed by atoms with Gasteiger partial charge in [0.2, 0.25) is 0 Å². The van der Waals surface area contributed by atoms with E-state index in [1.807, 2.05) is 54.9 Å². The number of aryl methyl sites for hydroxylation is 1. The topological polar surface area (TPSA) is 34.0 Å². The van der Waals surface area contributed by atoms with Gasteiger partial charge in [-0.05, 0) is 53.5 Å². The van der Waals surface area contributed by atoms with Crippen LogP contribution in [0.5, 0.6) is 0 Å². The Morgan fingerprint density at radius 3 is 2.70 bits per heavy atom. The lowest BCUT2D eigenvalue weighted by molar-refractivity contribution is 0.0930. The second kappa shape index (κ2) is 6.59. The Kier molecular flexibility index (Phi) is 5.05. The van der Waals surface area contributed by atoms with Gasteiger partial charge in [0.1, 0.15) is 5.69 Å². The molecule has 0 bridgehead atoms. The summed E-state index contributed by atoms with van der Waals surface area (Å²) in [6.07, 6.45) is 1.92. The Labute approximate surface area is 135 Å². The van der Waals surface area contributed by atoms with Gasteiger partial charge in [0.05, 0.1) is 6.04 Å². The molecule has 2 rings (SSSR count). The first-order valence-electron chi connectivity index (χ1n) is 6.43. The lowest BCUT2D eigenvalue weighted by atomic mass is 10.1. The van der Waals surface area contributed by atoms with Crippen molar-refractivity contribution in [2.45, 2.75) is 26.4 Å². The molecule has 0 aliphatic carbocycles.